The molecule has 0 saturated heterocycles. The Morgan fingerprint density at radius 3 is 2.10 bits per heavy atom. The fourth-order valence-electron chi connectivity index (χ4n) is 1.73. The molecule has 0 atom stereocenters. The molecule has 1 rings (SSSR count). The Balaban J connectivity index is 2.66. The molecule has 0 bridgehead atoms. The van der Waals surface area contributed by atoms with Crippen LogP contribution in [0.1, 0.15) is 53.9 Å². The first kappa shape index (κ1) is 17.5. The monoisotopic (exact) mass is 295 g/mol. The predicted octanol–water partition coefficient (Wildman–Crippen LogP) is 3.33. The number of nitrogens with one attached hydrogen (secondary N) is 2. The van der Waals surface area contributed by atoms with Crippen molar-refractivity contribution in [2.24, 2.45) is 5.92 Å². The Morgan fingerprint density at radius 2 is 1.57 bits per heavy atom. The van der Waals surface area contributed by atoms with Crippen LogP contribution < -0.4 is 15.4 Å². The van der Waals surface area contributed by atoms with E-state index in [0.717, 1.165) is 25.9 Å². The Morgan fingerprint density at radius 1 is 0.952 bits per heavy atom. The van der Waals surface area contributed by atoms with E-state index in [1.165, 1.54) is 6.42 Å². The minimum absolute atomic E-state index is 0.0419. The number of rotatable bonds is 10. The van der Waals surface area contributed by atoms with Crippen molar-refractivity contribution in [3.63, 3.8) is 0 Å². The Labute approximate surface area is 128 Å². The normalized spacial score (nSPS) is 11.0. The van der Waals surface area contributed by atoms with Gasteiger partial charge in [0.25, 0.3) is 0 Å². The summed E-state index contributed by atoms with van der Waals surface area (Å²) in [6.07, 6.45) is 3.35. The molecule has 120 valence electrons. The highest BCUT2D eigenvalue weighted by Gasteiger charge is 2.08. The van der Waals surface area contributed by atoms with E-state index in [4.69, 9.17) is 4.74 Å². The lowest BCUT2D eigenvalue weighted by Crippen LogP contribution is -2.14. The van der Waals surface area contributed by atoms with Crippen LogP contribution in [0.15, 0.2) is 0 Å². The van der Waals surface area contributed by atoms with Gasteiger partial charge < -0.3 is 15.4 Å². The van der Waals surface area contributed by atoms with Crippen molar-refractivity contribution in [2.45, 2.75) is 60.0 Å². The van der Waals surface area contributed by atoms with Crippen LogP contribution in [0.5, 0.6) is 6.01 Å². The second-order valence-corrected chi connectivity index (χ2v) is 5.82. The van der Waals surface area contributed by atoms with Crippen LogP contribution in [-0.2, 0) is 0 Å². The van der Waals surface area contributed by atoms with Gasteiger partial charge in [0.1, 0.15) is 0 Å². The van der Waals surface area contributed by atoms with E-state index in [1.54, 1.807) is 0 Å². The first-order chi connectivity index (χ1) is 10.0. The van der Waals surface area contributed by atoms with Crippen molar-refractivity contribution in [3.05, 3.63) is 0 Å². The molecule has 0 aromatic carbocycles. The molecule has 0 radical (unpaired) electrons. The summed E-state index contributed by atoms with van der Waals surface area (Å²) >= 11 is 0. The van der Waals surface area contributed by atoms with Crippen LogP contribution in [-0.4, -0.2) is 34.1 Å². The summed E-state index contributed by atoms with van der Waals surface area (Å²) in [5.74, 6) is 1.85. The largest absolute Gasteiger partial charge is 0.461 e. The number of anilines is 2. The second-order valence-electron chi connectivity index (χ2n) is 5.82. The van der Waals surface area contributed by atoms with E-state index < -0.39 is 0 Å². The van der Waals surface area contributed by atoms with E-state index >= 15 is 0 Å². The summed E-state index contributed by atoms with van der Waals surface area (Å²) < 4.78 is 5.58. The summed E-state index contributed by atoms with van der Waals surface area (Å²) in [4.78, 5) is 12.9. The van der Waals surface area contributed by atoms with Gasteiger partial charge in [-0.05, 0) is 39.0 Å². The quantitative estimate of drug-likeness (QED) is 0.645. The SMILES string of the molecule is CCCNc1nc(NCCCC(C)C)nc(OC(C)C)n1. The van der Waals surface area contributed by atoms with E-state index in [0.29, 0.717) is 23.8 Å². The van der Waals surface area contributed by atoms with Crippen LogP contribution in [0.25, 0.3) is 0 Å². The zero-order valence-electron chi connectivity index (χ0n) is 13.9. The molecular formula is C15H29N5O. The van der Waals surface area contributed by atoms with Crippen LogP contribution >= 0.6 is 0 Å². The van der Waals surface area contributed by atoms with Crippen molar-refractivity contribution in [1.82, 2.24) is 15.0 Å². The molecule has 0 amide bonds. The van der Waals surface area contributed by atoms with Gasteiger partial charge in [-0.25, -0.2) is 0 Å². The minimum atomic E-state index is 0.0419. The maximum Gasteiger partial charge on any atom is 0.323 e. The summed E-state index contributed by atoms with van der Waals surface area (Å²) in [5.41, 5.74) is 0. The Hall–Kier alpha value is -1.59. The van der Waals surface area contributed by atoms with Crippen LogP contribution in [0, 0.1) is 5.92 Å². The van der Waals surface area contributed by atoms with Crippen molar-refractivity contribution in [3.8, 4) is 6.01 Å². The third-order valence-corrected chi connectivity index (χ3v) is 2.73. The molecule has 6 nitrogen and oxygen atoms in total. The second kappa shape index (κ2) is 9.37. The van der Waals surface area contributed by atoms with Gasteiger partial charge >= 0.3 is 6.01 Å². The summed E-state index contributed by atoms with van der Waals surface area (Å²) in [7, 11) is 0. The lowest BCUT2D eigenvalue weighted by atomic mass is 10.1. The number of hydrogen-bond acceptors (Lipinski definition) is 6. The van der Waals surface area contributed by atoms with E-state index in [9.17, 15) is 0 Å². The van der Waals surface area contributed by atoms with Gasteiger partial charge in [-0.2, -0.15) is 15.0 Å². The van der Waals surface area contributed by atoms with Gasteiger partial charge in [0, 0.05) is 13.1 Å². The maximum absolute atomic E-state index is 5.58. The molecule has 6 heteroatoms. The van der Waals surface area contributed by atoms with Gasteiger partial charge in [0.15, 0.2) is 0 Å². The van der Waals surface area contributed by atoms with Crippen LogP contribution in [0.4, 0.5) is 11.9 Å². The van der Waals surface area contributed by atoms with E-state index in [-0.39, 0.29) is 6.10 Å². The predicted molar refractivity (Wildman–Crippen MR) is 86.9 cm³/mol. The molecule has 1 aromatic rings. The highest BCUT2D eigenvalue weighted by Crippen LogP contribution is 2.13. The highest BCUT2D eigenvalue weighted by atomic mass is 16.5. The van der Waals surface area contributed by atoms with Crippen LogP contribution in [0.3, 0.4) is 0 Å². The third kappa shape index (κ3) is 7.68. The molecule has 0 saturated carbocycles. The fourth-order valence-corrected chi connectivity index (χ4v) is 1.73. The topological polar surface area (TPSA) is 72.0 Å². The Kier molecular flexibility index (Phi) is 7.79. The molecule has 0 spiro atoms. The lowest BCUT2D eigenvalue weighted by molar-refractivity contribution is 0.222. The minimum Gasteiger partial charge on any atom is -0.461 e. The number of hydrogen-bond donors (Lipinski definition) is 2. The van der Waals surface area contributed by atoms with Crippen LogP contribution in [0.2, 0.25) is 0 Å². The highest BCUT2D eigenvalue weighted by molar-refractivity contribution is 5.35. The van der Waals surface area contributed by atoms with Crippen molar-refractivity contribution < 1.29 is 4.74 Å². The summed E-state index contributed by atoms with van der Waals surface area (Å²) in [6, 6.07) is 0.366. The number of aromatic nitrogens is 3. The van der Waals surface area contributed by atoms with Gasteiger partial charge in [-0.1, -0.05) is 20.8 Å². The zero-order chi connectivity index (χ0) is 15.7. The first-order valence-corrected chi connectivity index (χ1v) is 7.91. The fraction of sp³-hybridized carbons (Fsp3) is 0.800. The van der Waals surface area contributed by atoms with E-state index in [1.807, 2.05) is 13.8 Å². The third-order valence-electron chi connectivity index (χ3n) is 2.73. The molecule has 1 heterocycles. The Bertz CT molecular complexity index is 409. The lowest BCUT2D eigenvalue weighted by Gasteiger charge is -2.12. The average Bonchev–Trinajstić information content (AvgIpc) is 2.40. The molecule has 0 fully saturated rings. The van der Waals surface area contributed by atoms with Crippen molar-refractivity contribution in [1.29, 1.82) is 0 Å². The molecule has 0 aliphatic heterocycles. The molecule has 2 N–H and O–H groups in total. The van der Waals surface area contributed by atoms with Crippen molar-refractivity contribution >= 4 is 11.9 Å². The maximum atomic E-state index is 5.58. The number of ether oxygens (including phenoxy) is 1. The standard InChI is InChI=1S/C15H29N5O/c1-6-9-16-13-18-14(17-10-7-8-11(2)3)20-15(19-13)21-12(4)5/h11-12H,6-10H2,1-5H3,(H2,16,17,18,19,20). The molecule has 0 unspecified atom stereocenters. The van der Waals surface area contributed by atoms with Crippen molar-refractivity contribution in [2.75, 3.05) is 23.7 Å². The summed E-state index contributed by atoms with van der Waals surface area (Å²) in [5, 5.41) is 6.42. The number of nitrogens with zero attached hydrogens (tertiary/aromatic N) is 3. The van der Waals surface area contributed by atoms with Gasteiger partial charge in [0.05, 0.1) is 6.10 Å². The molecule has 0 aliphatic rings. The van der Waals surface area contributed by atoms with E-state index in [2.05, 4.69) is 46.4 Å². The molecule has 21 heavy (non-hydrogen) atoms. The van der Waals surface area contributed by atoms with Gasteiger partial charge in [0.2, 0.25) is 11.9 Å². The first-order valence-electron chi connectivity index (χ1n) is 7.91. The van der Waals surface area contributed by atoms with Gasteiger partial charge in [-0.15, -0.1) is 0 Å². The molecule has 0 aliphatic carbocycles. The molecular weight excluding hydrogens is 266 g/mol. The molecule has 1 aromatic heterocycles. The van der Waals surface area contributed by atoms with Gasteiger partial charge in [-0.3, -0.25) is 0 Å². The zero-order valence-corrected chi connectivity index (χ0v) is 13.9. The average molecular weight is 295 g/mol. The smallest absolute Gasteiger partial charge is 0.323 e. The summed E-state index contributed by atoms with van der Waals surface area (Å²) in [6.45, 7) is 12.2.